The Hall–Kier alpha value is -2.51. The van der Waals surface area contributed by atoms with Crippen LogP contribution >= 0.6 is 0 Å². The number of nitrogens with zero attached hydrogens (tertiary/aromatic N) is 1. The molecule has 0 bridgehead atoms. The maximum absolute atomic E-state index is 12.5. The average Bonchev–Trinajstić information content (AvgIpc) is 2.59. The molecule has 1 aromatic carbocycles. The molecule has 5 nitrogen and oxygen atoms in total. The van der Waals surface area contributed by atoms with Gasteiger partial charge in [0.15, 0.2) is 0 Å². The molecule has 1 heterocycles. The van der Waals surface area contributed by atoms with E-state index in [1.165, 1.54) is 31.4 Å². The molecule has 1 fully saturated rings. The molecule has 25 heavy (non-hydrogen) atoms. The van der Waals surface area contributed by atoms with Gasteiger partial charge in [-0.25, -0.2) is 4.79 Å². The van der Waals surface area contributed by atoms with E-state index in [2.05, 4.69) is 10.1 Å². The fourth-order valence-corrected chi connectivity index (χ4v) is 2.54. The lowest BCUT2D eigenvalue weighted by molar-refractivity contribution is -0.137. The predicted octanol–water partition coefficient (Wildman–Crippen LogP) is 3.07. The number of piperidine rings is 1. The van der Waals surface area contributed by atoms with Crippen LogP contribution < -0.4 is 5.32 Å². The zero-order valence-corrected chi connectivity index (χ0v) is 13.7. The Kier molecular flexibility index (Phi) is 6.06. The van der Waals surface area contributed by atoms with Crippen molar-refractivity contribution in [1.82, 2.24) is 10.2 Å². The van der Waals surface area contributed by atoms with E-state index in [1.807, 2.05) is 0 Å². The Balaban J connectivity index is 1.82. The SMILES string of the molecule is COC(=O)N1CCC(NC(=O)/C=C/c2ccc(C(F)(F)F)cc2)CC1. The predicted molar refractivity (Wildman–Crippen MR) is 85.6 cm³/mol. The van der Waals surface area contributed by atoms with Gasteiger partial charge in [-0.2, -0.15) is 13.2 Å². The lowest BCUT2D eigenvalue weighted by atomic mass is 10.1. The third-order valence-corrected chi connectivity index (χ3v) is 3.94. The van der Waals surface area contributed by atoms with Gasteiger partial charge in [0.25, 0.3) is 0 Å². The summed E-state index contributed by atoms with van der Waals surface area (Å²) in [6, 6.07) is 4.51. The molecule has 2 rings (SSSR count). The van der Waals surface area contributed by atoms with Crippen molar-refractivity contribution >= 4 is 18.1 Å². The number of halogens is 3. The normalized spacial score (nSPS) is 16.1. The van der Waals surface area contributed by atoms with Crippen LogP contribution in [-0.4, -0.2) is 43.1 Å². The minimum Gasteiger partial charge on any atom is -0.453 e. The average molecular weight is 356 g/mol. The Morgan fingerprint density at radius 3 is 2.32 bits per heavy atom. The third kappa shape index (κ3) is 5.51. The highest BCUT2D eigenvalue weighted by Crippen LogP contribution is 2.29. The standard InChI is InChI=1S/C17H19F3N2O3/c1-25-16(24)22-10-8-14(9-11-22)21-15(23)7-4-12-2-5-13(6-3-12)17(18,19)20/h2-7,14H,8-11H2,1H3,(H,21,23)/b7-4+. The second kappa shape index (κ2) is 8.04. The van der Waals surface area contributed by atoms with Crippen LogP contribution in [0.15, 0.2) is 30.3 Å². The Labute approximate surface area is 143 Å². The molecule has 136 valence electrons. The number of hydrogen-bond donors (Lipinski definition) is 1. The Morgan fingerprint density at radius 2 is 1.80 bits per heavy atom. The summed E-state index contributed by atoms with van der Waals surface area (Å²) in [6.45, 7) is 1.00. The second-order valence-corrected chi connectivity index (χ2v) is 5.69. The highest BCUT2D eigenvalue weighted by atomic mass is 19.4. The van der Waals surface area contributed by atoms with E-state index in [-0.39, 0.29) is 18.0 Å². The molecule has 0 spiro atoms. The van der Waals surface area contributed by atoms with Gasteiger partial charge >= 0.3 is 12.3 Å². The van der Waals surface area contributed by atoms with Gasteiger partial charge in [0, 0.05) is 25.2 Å². The fourth-order valence-electron chi connectivity index (χ4n) is 2.54. The van der Waals surface area contributed by atoms with Gasteiger partial charge in [0.05, 0.1) is 12.7 Å². The lowest BCUT2D eigenvalue weighted by Crippen LogP contribution is -2.46. The highest BCUT2D eigenvalue weighted by molar-refractivity contribution is 5.91. The number of likely N-dealkylation sites (tertiary alicyclic amines) is 1. The number of methoxy groups -OCH3 is 1. The van der Waals surface area contributed by atoms with Crippen molar-refractivity contribution in [3.63, 3.8) is 0 Å². The Morgan fingerprint density at radius 1 is 1.20 bits per heavy atom. The topological polar surface area (TPSA) is 58.6 Å². The van der Waals surface area contributed by atoms with Gasteiger partial charge in [-0.05, 0) is 36.6 Å². The molecule has 0 aromatic heterocycles. The van der Waals surface area contributed by atoms with Gasteiger partial charge in [-0.3, -0.25) is 4.79 Å². The van der Waals surface area contributed by atoms with Crippen molar-refractivity contribution in [1.29, 1.82) is 0 Å². The number of alkyl halides is 3. The molecule has 1 aromatic rings. The van der Waals surface area contributed by atoms with Gasteiger partial charge < -0.3 is 15.0 Å². The van der Waals surface area contributed by atoms with Crippen LogP contribution in [0.4, 0.5) is 18.0 Å². The van der Waals surface area contributed by atoms with Crippen LogP contribution in [-0.2, 0) is 15.7 Å². The molecule has 0 unspecified atom stereocenters. The van der Waals surface area contributed by atoms with Gasteiger partial charge in [0.2, 0.25) is 5.91 Å². The lowest BCUT2D eigenvalue weighted by Gasteiger charge is -2.31. The molecule has 1 N–H and O–H groups in total. The van der Waals surface area contributed by atoms with Crippen molar-refractivity contribution < 1.29 is 27.5 Å². The first-order chi connectivity index (χ1) is 11.8. The van der Waals surface area contributed by atoms with Crippen molar-refractivity contribution in [2.24, 2.45) is 0 Å². The maximum atomic E-state index is 12.5. The summed E-state index contributed by atoms with van der Waals surface area (Å²) in [7, 11) is 1.32. The van der Waals surface area contributed by atoms with E-state index in [0.717, 1.165) is 12.1 Å². The second-order valence-electron chi connectivity index (χ2n) is 5.69. The van der Waals surface area contributed by atoms with Crippen molar-refractivity contribution in [2.45, 2.75) is 25.1 Å². The summed E-state index contributed by atoms with van der Waals surface area (Å²) in [5.41, 5.74) is -0.227. The number of rotatable bonds is 3. The van der Waals surface area contributed by atoms with Crippen molar-refractivity contribution in [2.75, 3.05) is 20.2 Å². The summed E-state index contributed by atoms with van der Waals surface area (Å²) < 4.78 is 42.1. The first kappa shape index (κ1) is 18.8. The summed E-state index contributed by atoms with van der Waals surface area (Å²) in [6.07, 6.45) is -0.774. The maximum Gasteiger partial charge on any atom is 0.416 e. The van der Waals surface area contributed by atoms with Gasteiger partial charge in [-0.1, -0.05) is 12.1 Å². The minimum absolute atomic E-state index is 0.0503. The van der Waals surface area contributed by atoms with Crippen LogP contribution in [0, 0.1) is 0 Å². The Bertz CT molecular complexity index is 634. The van der Waals surface area contributed by atoms with Crippen LogP contribution in [0.3, 0.4) is 0 Å². The van der Waals surface area contributed by atoms with E-state index >= 15 is 0 Å². The van der Waals surface area contributed by atoms with E-state index in [0.29, 0.717) is 31.5 Å². The molecule has 0 atom stereocenters. The number of carbonyl (C=O) groups is 2. The minimum atomic E-state index is -4.38. The van der Waals surface area contributed by atoms with Crippen LogP contribution in [0.5, 0.6) is 0 Å². The smallest absolute Gasteiger partial charge is 0.416 e. The summed E-state index contributed by atoms with van der Waals surface area (Å²) >= 11 is 0. The molecular weight excluding hydrogens is 337 g/mol. The first-order valence-electron chi connectivity index (χ1n) is 7.78. The van der Waals surface area contributed by atoms with Crippen LogP contribution in [0.2, 0.25) is 0 Å². The molecule has 1 saturated heterocycles. The number of carbonyl (C=O) groups excluding carboxylic acids is 2. The van der Waals surface area contributed by atoms with E-state index in [4.69, 9.17) is 0 Å². The molecule has 1 aliphatic heterocycles. The number of benzene rings is 1. The summed E-state index contributed by atoms with van der Waals surface area (Å²) in [4.78, 5) is 24.8. The van der Waals surface area contributed by atoms with Crippen LogP contribution in [0.1, 0.15) is 24.0 Å². The van der Waals surface area contributed by atoms with E-state index < -0.39 is 11.7 Å². The molecule has 8 heteroatoms. The van der Waals surface area contributed by atoms with E-state index in [1.54, 1.807) is 4.90 Å². The zero-order chi connectivity index (χ0) is 18.4. The number of hydrogen-bond acceptors (Lipinski definition) is 3. The number of amides is 2. The van der Waals surface area contributed by atoms with E-state index in [9.17, 15) is 22.8 Å². The molecular formula is C17H19F3N2O3. The molecule has 0 saturated carbocycles. The summed E-state index contributed by atoms with van der Waals surface area (Å²) in [5.74, 6) is -0.323. The van der Waals surface area contributed by atoms with Gasteiger partial charge in [0.1, 0.15) is 0 Å². The quantitative estimate of drug-likeness (QED) is 0.847. The molecule has 2 amide bonds. The zero-order valence-electron chi connectivity index (χ0n) is 13.7. The van der Waals surface area contributed by atoms with Crippen molar-refractivity contribution in [3.8, 4) is 0 Å². The largest absolute Gasteiger partial charge is 0.453 e. The first-order valence-corrected chi connectivity index (χ1v) is 7.78. The number of ether oxygens (including phenoxy) is 1. The molecule has 1 aliphatic rings. The summed E-state index contributed by atoms with van der Waals surface area (Å²) in [5, 5.41) is 2.82. The van der Waals surface area contributed by atoms with Crippen LogP contribution in [0.25, 0.3) is 6.08 Å². The molecule has 0 radical (unpaired) electrons. The van der Waals surface area contributed by atoms with Crippen molar-refractivity contribution in [3.05, 3.63) is 41.5 Å². The highest BCUT2D eigenvalue weighted by Gasteiger charge is 2.29. The third-order valence-electron chi connectivity index (χ3n) is 3.94. The fraction of sp³-hybridized carbons (Fsp3) is 0.412. The van der Waals surface area contributed by atoms with Gasteiger partial charge in [-0.15, -0.1) is 0 Å². The monoisotopic (exact) mass is 356 g/mol. The number of nitrogens with one attached hydrogen (secondary N) is 1. The molecule has 0 aliphatic carbocycles.